The molecule has 21 heavy (non-hydrogen) atoms. The zero-order valence-electron chi connectivity index (χ0n) is 11.4. The molecule has 0 unspecified atom stereocenters. The third-order valence-electron chi connectivity index (χ3n) is 2.85. The highest BCUT2D eigenvalue weighted by Gasteiger charge is 2.02. The van der Waals surface area contributed by atoms with Crippen LogP contribution in [0, 0.1) is 5.82 Å². The fraction of sp³-hybridized carbons (Fsp3) is 0.200. The minimum atomic E-state index is -0.423. The molecule has 2 aromatic rings. The van der Waals surface area contributed by atoms with E-state index < -0.39 is 5.82 Å². The number of halogens is 3. The van der Waals surface area contributed by atoms with Crippen LogP contribution < -0.4 is 15.4 Å². The van der Waals surface area contributed by atoms with Gasteiger partial charge in [0, 0.05) is 24.5 Å². The number of benzene rings is 2. The molecule has 2 aromatic carbocycles. The van der Waals surface area contributed by atoms with Gasteiger partial charge in [-0.3, -0.25) is 0 Å². The lowest BCUT2D eigenvalue weighted by atomic mass is 10.3. The normalized spacial score (nSPS) is 10.3. The number of ether oxygens (including phenoxy) is 1. The van der Waals surface area contributed by atoms with E-state index >= 15 is 0 Å². The van der Waals surface area contributed by atoms with Crippen LogP contribution in [0.3, 0.4) is 0 Å². The summed E-state index contributed by atoms with van der Waals surface area (Å²) in [6.07, 6.45) is 0. The molecule has 112 valence electrons. The lowest BCUT2D eigenvalue weighted by Gasteiger charge is -2.10. The molecule has 0 radical (unpaired) electrons. The van der Waals surface area contributed by atoms with Crippen molar-refractivity contribution in [1.82, 2.24) is 0 Å². The second-order valence-electron chi connectivity index (χ2n) is 4.33. The SMILES string of the molecule is COc1ccc(NCCNc2ccc(F)c(Cl)c2)cc1Cl. The van der Waals surface area contributed by atoms with Gasteiger partial charge in [0.2, 0.25) is 0 Å². The van der Waals surface area contributed by atoms with Gasteiger partial charge < -0.3 is 15.4 Å². The molecule has 3 nitrogen and oxygen atoms in total. The Bertz CT molecular complexity index is 623. The highest BCUT2D eigenvalue weighted by atomic mass is 35.5. The van der Waals surface area contributed by atoms with E-state index in [1.165, 1.54) is 6.07 Å². The molecule has 0 saturated carbocycles. The molecule has 0 amide bonds. The van der Waals surface area contributed by atoms with Crippen LogP contribution in [0.4, 0.5) is 15.8 Å². The van der Waals surface area contributed by atoms with E-state index in [0.717, 1.165) is 11.4 Å². The Morgan fingerprint density at radius 2 is 1.52 bits per heavy atom. The summed E-state index contributed by atoms with van der Waals surface area (Å²) in [5.41, 5.74) is 1.68. The number of nitrogens with one attached hydrogen (secondary N) is 2. The Morgan fingerprint density at radius 3 is 2.05 bits per heavy atom. The Labute approximate surface area is 133 Å². The molecular weight excluding hydrogens is 314 g/mol. The fourth-order valence-corrected chi connectivity index (χ4v) is 2.23. The van der Waals surface area contributed by atoms with Crippen molar-refractivity contribution < 1.29 is 9.13 Å². The summed E-state index contributed by atoms with van der Waals surface area (Å²) in [5, 5.41) is 7.03. The minimum Gasteiger partial charge on any atom is -0.495 e. The molecule has 6 heteroatoms. The van der Waals surface area contributed by atoms with E-state index in [0.29, 0.717) is 23.9 Å². The van der Waals surface area contributed by atoms with Crippen molar-refractivity contribution in [2.75, 3.05) is 30.8 Å². The van der Waals surface area contributed by atoms with E-state index in [9.17, 15) is 4.39 Å². The summed E-state index contributed by atoms with van der Waals surface area (Å²) >= 11 is 11.8. The summed E-state index contributed by atoms with van der Waals surface area (Å²) in [6.45, 7) is 1.34. The Kier molecular flexibility index (Phi) is 5.53. The van der Waals surface area contributed by atoms with Gasteiger partial charge >= 0.3 is 0 Å². The van der Waals surface area contributed by atoms with Crippen molar-refractivity contribution in [2.45, 2.75) is 0 Å². The number of hydrogen-bond donors (Lipinski definition) is 2. The fourth-order valence-electron chi connectivity index (χ4n) is 1.80. The lowest BCUT2D eigenvalue weighted by molar-refractivity contribution is 0.415. The number of methoxy groups -OCH3 is 1. The second kappa shape index (κ2) is 7.38. The molecule has 2 N–H and O–H groups in total. The summed E-state index contributed by atoms with van der Waals surface area (Å²) in [5.74, 6) is 0.217. The van der Waals surface area contributed by atoms with Crippen molar-refractivity contribution >= 4 is 34.6 Å². The van der Waals surface area contributed by atoms with Crippen molar-refractivity contribution in [3.8, 4) is 5.75 Å². The first kappa shape index (κ1) is 15.7. The molecule has 0 atom stereocenters. The first-order chi connectivity index (χ1) is 10.1. The zero-order valence-corrected chi connectivity index (χ0v) is 12.9. The summed E-state index contributed by atoms with van der Waals surface area (Å²) in [6, 6.07) is 10.0. The van der Waals surface area contributed by atoms with Gasteiger partial charge in [-0.05, 0) is 36.4 Å². The van der Waals surface area contributed by atoms with Gasteiger partial charge in [0.25, 0.3) is 0 Å². The Balaban J connectivity index is 1.81. The van der Waals surface area contributed by atoms with Crippen LogP contribution in [-0.2, 0) is 0 Å². The van der Waals surface area contributed by atoms with Crippen LogP contribution in [-0.4, -0.2) is 20.2 Å². The maximum atomic E-state index is 13.0. The maximum Gasteiger partial charge on any atom is 0.141 e. The van der Waals surface area contributed by atoms with Gasteiger partial charge in [-0.2, -0.15) is 0 Å². The quantitative estimate of drug-likeness (QED) is 0.756. The van der Waals surface area contributed by atoms with Crippen molar-refractivity contribution in [2.24, 2.45) is 0 Å². The third-order valence-corrected chi connectivity index (χ3v) is 3.44. The van der Waals surface area contributed by atoms with Gasteiger partial charge in [0.05, 0.1) is 17.2 Å². The van der Waals surface area contributed by atoms with E-state index in [4.69, 9.17) is 27.9 Å². The molecule has 0 fully saturated rings. The van der Waals surface area contributed by atoms with Gasteiger partial charge in [-0.25, -0.2) is 4.39 Å². The second-order valence-corrected chi connectivity index (χ2v) is 5.15. The predicted octanol–water partition coefficient (Wildman–Crippen LogP) is 4.67. The molecule has 0 aliphatic heterocycles. The largest absolute Gasteiger partial charge is 0.495 e. The van der Waals surface area contributed by atoms with Crippen LogP contribution in [0.25, 0.3) is 0 Å². The predicted molar refractivity (Wildman–Crippen MR) is 86.4 cm³/mol. The van der Waals surface area contributed by atoms with Gasteiger partial charge in [0.1, 0.15) is 11.6 Å². The molecule has 0 heterocycles. The van der Waals surface area contributed by atoms with Crippen LogP contribution in [0.2, 0.25) is 10.0 Å². The van der Waals surface area contributed by atoms with Crippen molar-refractivity contribution in [3.63, 3.8) is 0 Å². The Morgan fingerprint density at radius 1 is 0.952 bits per heavy atom. The van der Waals surface area contributed by atoms with Crippen molar-refractivity contribution in [3.05, 3.63) is 52.3 Å². The lowest BCUT2D eigenvalue weighted by Crippen LogP contribution is -2.13. The van der Waals surface area contributed by atoms with Crippen LogP contribution in [0.5, 0.6) is 5.75 Å². The molecule has 0 bridgehead atoms. The average Bonchev–Trinajstić information content (AvgIpc) is 2.47. The topological polar surface area (TPSA) is 33.3 Å². The first-order valence-electron chi connectivity index (χ1n) is 6.36. The average molecular weight is 329 g/mol. The Hall–Kier alpha value is -1.65. The van der Waals surface area contributed by atoms with Gasteiger partial charge in [0.15, 0.2) is 0 Å². The monoisotopic (exact) mass is 328 g/mol. The number of anilines is 2. The highest BCUT2D eigenvalue weighted by molar-refractivity contribution is 6.32. The van der Waals surface area contributed by atoms with E-state index in [1.807, 2.05) is 6.07 Å². The van der Waals surface area contributed by atoms with Gasteiger partial charge in [-0.15, -0.1) is 0 Å². The van der Waals surface area contributed by atoms with Crippen LogP contribution >= 0.6 is 23.2 Å². The summed E-state index contributed by atoms with van der Waals surface area (Å²) in [4.78, 5) is 0. The van der Waals surface area contributed by atoms with Crippen LogP contribution in [0.1, 0.15) is 0 Å². The van der Waals surface area contributed by atoms with E-state index in [-0.39, 0.29) is 5.02 Å². The standard InChI is InChI=1S/C15H15Cl2FN2O/c1-21-15-5-3-11(9-13(15)17)20-7-6-19-10-2-4-14(18)12(16)8-10/h2-5,8-9,19-20H,6-7H2,1H3. The smallest absolute Gasteiger partial charge is 0.141 e. The molecule has 0 aromatic heterocycles. The molecule has 2 rings (SSSR count). The maximum absolute atomic E-state index is 13.0. The number of rotatable bonds is 6. The highest BCUT2D eigenvalue weighted by Crippen LogP contribution is 2.27. The number of hydrogen-bond acceptors (Lipinski definition) is 3. The zero-order chi connectivity index (χ0) is 15.2. The molecular formula is C15H15Cl2FN2O. The van der Waals surface area contributed by atoms with Gasteiger partial charge in [-0.1, -0.05) is 23.2 Å². The van der Waals surface area contributed by atoms with Crippen LogP contribution in [0.15, 0.2) is 36.4 Å². The first-order valence-corrected chi connectivity index (χ1v) is 7.12. The molecule has 0 aliphatic rings. The van der Waals surface area contributed by atoms with E-state index in [1.54, 1.807) is 31.4 Å². The molecule has 0 saturated heterocycles. The molecule has 0 aliphatic carbocycles. The summed E-state index contributed by atoms with van der Waals surface area (Å²) in [7, 11) is 1.58. The summed E-state index contributed by atoms with van der Waals surface area (Å²) < 4.78 is 18.1. The minimum absolute atomic E-state index is 0.106. The van der Waals surface area contributed by atoms with Crippen molar-refractivity contribution in [1.29, 1.82) is 0 Å². The molecule has 0 spiro atoms. The third kappa shape index (κ3) is 4.41. The van der Waals surface area contributed by atoms with E-state index in [2.05, 4.69) is 10.6 Å².